The lowest BCUT2D eigenvalue weighted by molar-refractivity contribution is -0.145. The summed E-state index contributed by atoms with van der Waals surface area (Å²) in [7, 11) is -4.28. The summed E-state index contributed by atoms with van der Waals surface area (Å²) in [6.45, 7) is -0.539. The van der Waals surface area contributed by atoms with Gasteiger partial charge in [-0.2, -0.15) is 17.5 Å². The molecule has 0 N–H and O–H groups in total. The molecule has 0 spiro atoms. The van der Waals surface area contributed by atoms with Crippen LogP contribution in [0.15, 0.2) is 53.8 Å². The van der Waals surface area contributed by atoms with Gasteiger partial charge in [-0.1, -0.05) is 0 Å². The summed E-state index contributed by atoms with van der Waals surface area (Å²) in [4.78, 5) is 22.9. The van der Waals surface area contributed by atoms with Crippen LogP contribution in [-0.4, -0.2) is 52.2 Å². The third kappa shape index (κ3) is 5.80. The molecule has 2 aromatic heterocycles. The minimum atomic E-state index is -4.77. The summed E-state index contributed by atoms with van der Waals surface area (Å²) in [6, 6.07) is 3.83. The number of nitrogens with zero attached hydrogens (tertiary/aromatic N) is 4. The van der Waals surface area contributed by atoms with Crippen molar-refractivity contribution >= 4 is 15.8 Å². The Morgan fingerprint density at radius 1 is 1.03 bits per heavy atom. The second kappa shape index (κ2) is 10.2. The van der Waals surface area contributed by atoms with Gasteiger partial charge in [0.15, 0.2) is 5.78 Å². The number of alkyl halides is 4. The first-order valence-electron chi connectivity index (χ1n) is 10.8. The van der Waals surface area contributed by atoms with Crippen molar-refractivity contribution in [3.05, 3.63) is 72.1 Å². The van der Waals surface area contributed by atoms with Crippen molar-refractivity contribution in [2.75, 3.05) is 6.54 Å². The number of sulfonamides is 1. The van der Waals surface area contributed by atoms with Crippen molar-refractivity contribution in [1.82, 2.24) is 19.3 Å². The van der Waals surface area contributed by atoms with Gasteiger partial charge in [-0.3, -0.25) is 9.78 Å². The molecule has 0 unspecified atom stereocenters. The molecule has 2 atom stereocenters. The van der Waals surface area contributed by atoms with E-state index in [1.54, 1.807) is 0 Å². The standard InChI is InChI=1S/C23H18F6N4O3S/c24-14-1-4-17(5-2-14)37(35,36)33-12-15(25)7-20(33)21(34)6-3-16-8-18(19(26)11-30-16)13-9-31-22(32-10-13)23(27,28)29/h1-2,4-5,8-11,15,20H,3,6-7,12H2/t15-,20+/m1/s1. The number of pyridine rings is 1. The highest BCUT2D eigenvalue weighted by Gasteiger charge is 2.43. The maximum absolute atomic E-state index is 14.3. The van der Waals surface area contributed by atoms with Crippen LogP contribution in [0.5, 0.6) is 0 Å². The van der Waals surface area contributed by atoms with Crippen LogP contribution in [0.25, 0.3) is 11.1 Å². The number of Topliss-reactive ketones (excluding diaryl/α,β-unsaturated/α-hetero) is 1. The van der Waals surface area contributed by atoms with Crippen molar-refractivity contribution in [3.8, 4) is 11.1 Å². The maximum atomic E-state index is 14.3. The van der Waals surface area contributed by atoms with Gasteiger partial charge in [0.2, 0.25) is 15.8 Å². The van der Waals surface area contributed by atoms with Crippen molar-refractivity contribution in [1.29, 1.82) is 0 Å². The van der Waals surface area contributed by atoms with E-state index in [-0.39, 0.29) is 41.0 Å². The van der Waals surface area contributed by atoms with E-state index in [1.807, 2.05) is 0 Å². The average Bonchev–Trinajstić information content (AvgIpc) is 3.26. The number of ketones is 1. The molecule has 3 heterocycles. The molecule has 1 aliphatic heterocycles. The summed E-state index contributed by atoms with van der Waals surface area (Å²) >= 11 is 0. The molecule has 4 rings (SSSR count). The number of hydrogen-bond donors (Lipinski definition) is 0. The zero-order valence-corrected chi connectivity index (χ0v) is 19.6. The molecule has 0 bridgehead atoms. The molecule has 196 valence electrons. The zero-order chi connectivity index (χ0) is 27.0. The third-order valence-electron chi connectivity index (χ3n) is 5.75. The number of benzene rings is 1. The van der Waals surface area contributed by atoms with Gasteiger partial charge in [0, 0.05) is 48.6 Å². The number of rotatable bonds is 7. The molecule has 1 saturated heterocycles. The normalized spacial score (nSPS) is 18.8. The molecule has 1 aliphatic rings. The molecule has 14 heteroatoms. The largest absolute Gasteiger partial charge is 0.451 e. The van der Waals surface area contributed by atoms with E-state index in [0.29, 0.717) is 0 Å². The highest BCUT2D eigenvalue weighted by atomic mass is 32.2. The minimum absolute atomic E-state index is 0.0480. The van der Waals surface area contributed by atoms with Gasteiger partial charge in [-0.05, 0) is 36.8 Å². The Labute approximate surface area is 207 Å². The highest BCUT2D eigenvalue weighted by Crippen LogP contribution is 2.30. The molecular weight excluding hydrogens is 526 g/mol. The van der Waals surface area contributed by atoms with Crippen LogP contribution in [0, 0.1) is 11.6 Å². The lowest BCUT2D eigenvalue weighted by atomic mass is 10.0. The first-order chi connectivity index (χ1) is 17.4. The van der Waals surface area contributed by atoms with E-state index < -0.39 is 58.2 Å². The van der Waals surface area contributed by atoms with Crippen molar-refractivity contribution in [3.63, 3.8) is 0 Å². The van der Waals surface area contributed by atoms with Gasteiger partial charge in [0.05, 0.1) is 17.1 Å². The molecule has 37 heavy (non-hydrogen) atoms. The van der Waals surface area contributed by atoms with Gasteiger partial charge in [-0.15, -0.1) is 0 Å². The predicted octanol–water partition coefficient (Wildman–Crippen LogP) is 4.14. The summed E-state index contributed by atoms with van der Waals surface area (Å²) in [5.41, 5.74) is -0.00290. The zero-order valence-electron chi connectivity index (χ0n) is 18.8. The molecule has 0 saturated carbocycles. The predicted molar refractivity (Wildman–Crippen MR) is 117 cm³/mol. The lowest BCUT2D eigenvalue weighted by Gasteiger charge is -2.22. The van der Waals surface area contributed by atoms with Crippen molar-refractivity contribution in [2.45, 2.75) is 42.5 Å². The van der Waals surface area contributed by atoms with Gasteiger partial charge in [0.1, 0.15) is 17.8 Å². The molecular formula is C23H18F6N4O3S. The van der Waals surface area contributed by atoms with Crippen LogP contribution in [0.3, 0.4) is 0 Å². The molecule has 3 aromatic rings. The molecule has 7 nitrogen and oxygen atoms in total. The fourth-order valence-electron chi connectivity index (χ4n) is 3.93. The van der Waals surface area contributed by atoms with E-state index in [1.165, 1.54) is 6.07 Å². The number of aromatic nitrogens is 3. The molecule has 0 radical (unpaired) electrons. The summed E-state index contributed by atoms with van der Waals surface area (Å²) < 4.78 is 106. The SMILES string of the molecule is O=C(CCc1cc(-c2cnc(C(F)(F)F)nc2)c(F)cn1)[C@@H]1C[C@@H](F)CN1S(=O)(=O)c1ccc(F)cc1. The number of carbonyl (C=O) groups excluding carboxylic acids is 1. The molecule has 0 aliphatic carbocycles. The lowest BCUT2D eigenvalue weighted by Crippen LogP contribution is -2.40. The Balaban J connectivity index is 1.50. The highest BCUT2D eigenvalue weighted by molar-refractivity contribution is 7.89. The molecule has 1 fully saturated rings. The van der Waals surface area contributed by atoms with Crippen LogP contribution < -0.4 is 0 Å². The Hall–Kier alpha value is -3.39. The van der Waals surface area contributed by atoms with Crippen LogP contribution >= 0.6 is 0 Å². The summed E-state index contributed by atoms with van der Waals surface area (Å²) in [5.74, 6) is -3.51. The van der Waals surface area contributed by atoms with E-state index in [2.05, 4.69) is 15.0 Å². The number of hydrogen-bond acceptors (Lipinski definition) is 6. The fraction of sp³-hybridized carbons (Fsp3) is 0.304. The minimum Gasteiger partial charge on any atom is -0.298 e. The number of carbonyl (C=O) groups is 1. The average molecular weight is 544 g/mol. The Morgan fingerprint density at radius 3 is 2.30 bits per heavy atom. The van der Waals surface area contributed by atoms with Gasteiger partial charge in [0.25, 0.3) is 0 Å². The van der Waals surface area contributed by atoms with Gasteiger partial charge < -0.3 is 0 Å². The first-order valence-corrected chi connectivity index (χ1v) is 12.3. The second-order valence-corrected chi connectivity index (χ2v) is 10.2. The van der Waals surface area contributed by atoms with Crippen LogP contribution in [0.1, 0.15) is 24.4 Å². The third-order valence-corrected chi connectivity index (χ3v) is 7.64. The van der Waals surface area contributed by atoms with E-state index in [9.17, 15) is 39.6 Å². The van der Waals surface area contributed by atoms with E-state index in [4.69, 9.17) is 0 Å². The quantitative estimate of drug-likeness (QED) is 0.416. The topological polar surface area (TPSA) is 93.1 Å². The monoisotopic (exact) mass is 544 g/mol. The van der Waals surface area contributed by atoms with Crippen LogP contribution in [0.4, 0.5) is 26.3 Å². The number of aryl methyl sites for hydroxylation is 1. The van der Waals surface area contributed by atoms with E-state index >= 15 is 0 Å². The van der Waals surface area contributed by atoms with Crippen LogP contribution in [-0.2, 0) is 27.4 Å². The van der Waals surface area contributed by atoms with E-state index in [0.717, 1.165) is 47.2 Å². The summed E-state index contributed by atoms with van der Waals surface area (Å²) in [6.07, 6.45) is -4.62. The second-order valence-electron chi connectivity index (χ2n) is 8.29. The smallest absolute Gasteiger partial charge is 0.298 e. The van der Waals surface area contributed by atoms with Gasteiger partial charge >= 0.3 is 6.18 Å². The van der Waals surface area contributed by atoms with Crippen molar-refractivity contribution < 1.29 is 39.6 Å². The molecule has 1 aromatic carbocycles. The summed E-state index contributed by atoms with van der Waals surface area (Å²) in [5, 5.41) is 0. The Kier molecular flexibility index (Phi) is 7.33. The van der Waals surface area contributed by atoms with Crippen molar-refractivity contribution in [2.24, 2.45) is 0 Å². The number of halogens is 6. The van der Waals surface area contributed by atoms with Crippen LogP contribution in [0.2, 0.25) is 0 Å². The Morgan fingerprint density at radius 2 is 1.68 bits per heavy atom. The fourth-order valence-corrected chi connectivity index (χ4v) is 5.58. The first kappa shape index (κ1) is 26.7. The Bertz CT molecular complexity index is 1400. The molecule has 0 amide bonds. The maximum Gasteiger partial charge on any atom is 0.451 e. The van der Waals surface area contributed by atoms with Gasteiger partial charge in [-0.25, -0.2) is 31.6 Å².